The molecule has 2 aromatic carbocycles. The molecule has 0 radical (unpaired) electrons. The summed E-state index contributed by atoms with van der Waals surface area (Å²) in [5, 5.41) is 8.86. The Labute approximate surface area is 200 Å². The second kappa shape index (κ2) is 9.59. The fourth-order valence-corrected chi connectivity index (χ4v) is 4.92. The number of amides is 1. The summed E-state index contributed by atoms with van der Waals surface area (Å²) in [6.07, 6.45) is 9.46. The standard InChI is InChI=1S/C28H29N5O/c1-20-17-29-18-21(2)27(20)24-13-11-23(12-14-24)26-19-30-33(31-26)28(34)32-15-7-6-10-25(32)16-22-8-4-3-5-9-22/h3-5,8-9,11-14,17-19,25H,6-7,10,15-16H2,1-2H3. The van der Waals surface area contributed by atoms with Gasteiger partial charge in [0, 0.05) is 30.5 Å². The fourth-order valence-electron chi connectivity index (χ4n) is 4.92. The van der Waals surface area contributed by atoms with E-state index in [1.54, 1.807) is 6.20 Å². The van der Waals surface area contributed by atoms with Gasteiger partial charge in [-0.25, -0.2) is 4.79 Å². The second-order valence-electron chi connectivity index (χ2n) is 9.06. The van der Waals surface area contributed by atoms with E-state index in [0.717, 1.165) is 54.5 Å². The molecule has 1 saturated heterocycles. The van der Waals surface area contributed by atoms with Crippen LogP contribution in [0, 0.1) is 13.8 Å². The third-order valence-electron chi connectivity index (χ3n) is 6.64. The van der Waals surface area contributed by atoms with E-state index in [0.29, 0.717) is 5.69 Å². The molecule has 1 unspecified atom stereocenters. The number of rotatable bonds is 4. The SMILES string of the molecule is Cc1cncc(C)c1-c1ccc(-c2cnn(C(=O)N3CCCCC3Cc3ccccc3)n2)cc1. The highest BCUT2D eigenvalue weighted by molar-refractivity contribution is 5.77. The molecule has 5 rings (SSSR count). The van der Waals surface area contributed by atoms with Crippen molar-refractivity contribution < 1.29 is 4.79 Å². The number of aryl methyl sites for hydroxylation is 2. The van der Waals surface area contributed by atoms with Gasteiger partial charge in [-0.05, 0) is 67.3 Å². The first-order valence-electron chi connectivity index (χ1n) is 11.9. The molecule has 0 saturated carbocycles. The number of pyridine rings is 1. The van der Waals surface area contributed by atoms with Gasteiger partial charge < -0.3 is 4.90 Å². The number of aromatic nitrogens is 4. The van der Waals surface area contributed by atoms with Gasteiger partial charge in [0.05, 0.1) is 6.20 Å². The van der Waals surface area contributed by atoms with Gasteiger partial charge in [0.1, 0.15) is 5.69 Å². The third-order valence-corrected chi connectivity index (χ3v) is 6.64. The molecule has 0 spiro atoms. The fraction of sp³-hybridized carbons (Fsp3) is 0.286. The quantitative estimate of drug-likeness (QED) is 0.400. The first-order valence-corrected chi connectivity index (χ1v) is 11.9. The molecule has 1 aliphatic heterocycles. The average molecular weight is 452 g/mol. The molecule has 3 heterocycles. The van der Waals surface area contributed by atoms with Crippen LogP contribution in [0.4, 0.5) is 4.79 Å². The van der Waals surface area contributed by atoms with Crippen molar-refractivity contribution in [2.45, 2.75) is 45.6 Å². The van der Waals surface area contributed by atoms with Crippen molar-refractivity contribution in [1.29, 1.82) is 0 Å². The summed E-state index contributed by atoms with van der Waals surface area (Å²) in [5.41, 5.74) is 7.52. The summed E-state index contributed by atoms with van der Waals surface area (Å²) < 4.78 is 0. The van der Waals surface area contributed by atoms with Crippen LogP contribution in [0.2, 0.25) is 0 Å². The van der Waals surface area contributed by atoms with E-state index in [4.69, 9.17) is 0 Å². The highest BCUT2D eigenvalue weighted by Crippen LogP contribution is 2.28. The van der Waals surface area contributed by atoms with E-state index < -0.39 is 0 Å². The first kappa shape index (κ1) is 22.0. The lowest BCUT2D eigenvalue weighted by molar-refractivity contribution is 0.146. The molecule has 1 aliphatic rings. The van der Waals surface area contributed by atoms with Gasteiger partial charge in [0.15, 0.2) is 0 Å². The number of hydrogen-bond acceptors (Lipinski definition) is 4. The van der Waals surface area contributed by atoms with Crippen molar-refractivity contribution in [3.05, 3.63) is 89.9 Å². The number of piperidine rings is 1. The topological polar surface area (TPSA) is 63.9 Å². The normalized spacial score (nSPS) is 15.9. The predicted molar refractivity (Wildman–Crippen MR) is 133 cm³/mol. The Hall–Kier alpha value is -3.80. The van der Waals surface area contributed by atoms with Crippen molar-refractivity contribution >= 4 is 6.03 Å². The molecule has 1 atom stereocenters. The largest absolute Gasteiger partial charge is 0.362 e. The zero-order valence-electron chi connectivity index (χ0n) is 19.7. The van der Waals surface area contributed by atoms with Crippen molar-refractivity contribution in [2.75, 3.05) is 6.54 Å². The number of benzene rings is 2. The van der Waals surface area contributed by atoms with Crippen LogP contribution in [-0.2, 0) is 6.42 Å². The van der Waals surface area contributed by atoms with Crippen molar-refractivity contribution in [1.82, 2.24) is 24.9 Å². The predicted octanol–water partition coefficient (Wildman–Crippen LogP) is 5.69. The second-order valence-corrected chi connectivity index (χ2v) is 9.06. The van der Waals surface area contributed by atoms with Crippen molar-refractivity contribution in [2.24, 2.45) is 0 Å². The van der Waals surface area contributed by atoms with Crippen LogP contribution in [0.1, 0.15) is 36.0 Å². The zero-order chi connectivity index (χ0) is 23.5. The minimum atomic E-state index is -0.147. The van der Waals surface area contributed by atoms with Gasteiger partial charge in [-0.3, -0.25) is 4.98 Å². The molecule has 0 aliphatic carbocycles. The van der Waals surface area contributed by atoms with Crippen LogP contribution in [0.15, 0.2) is 73.2 Å². The van der Waals surface area contributed by atoms with Crippen LogP contribution in [0.5, 0.6) is 0 Å². The molecule has 0 bridgehead atoms. The highest BCUT2D eigenvalue weighted by atomic mass is 16.2. The van der Waals surface area contributed by atoms with E-state index in [9.17, 15) is 4.79 Å². The summed E-state index contributed by atoms with van der Waals surface area (Å²) >= 11 is 0. The van der Waals surface area contributed by atoms with Crippen LogP contribution in [0.25, 0.3) is 22.4 Å². The Morgan fingerprint density at radius 1 is 0.912 bits per heavy atom. The Morgan fingerprint density at radius 3 is 2.35 bits per heavy atom. The molecular formula is C28H29N5O. The van der Waals surface area contributed by atoms with E-state index in [-0.39, 0.29) is 12.1 Å². The maximum Gasteiger partial charge on any atom is 0.362 e. The van der Waals surface area contributed by atoms with Crippen molar-refractivity contribution in [3.63, 3.8) is 0 Å². The van der Waals surface area contributed by atoms with Gasteiger partial charge in [-0.15, -0.1) is 5.10 Å². The molecule has 172 valence electrons. The lowest BCUT2D eigenvalue weighted by atomic mass is 9.96. The molecule has 6 heteroatoms. The molecule has 6 nitrogen and oxygen atoms in total. The maximum absolute atomic E-state index is 13.3. The lowest BCUT2D eigenvalue weighted by Crippen LogP contribution is -2.47. The minimum absolute atomic E-state index is 0.147. The maximum atomic E-state index is 13.3. The number of carbonyl (C=O) groups excluding carboxylic acids is 1. The lowest BCUT2D eigenvalue weighted by Gasteiger charge is -2.35. The Kier molecular flexibility index (Phi) is 6.21. The Morgan fingerprint density at radius 2 is 1.62 bits per heavy atom. The molecule has 0 N–H and O–H groups in total. The average Bonchev–Trinajstić information content (AvgIpc) is 3.35. The summed E-state index contributed by atoms with van der Waals surface area (Å²) in [4.78, 5) is 20.8. The van der Waals surface area contributed by atoms with Crippen LogP contribution >= 0.6 is 0 Å². The van der Waals surface area contributed by atoms with Crippen LogP contribution < -0.4 is 0 Å². The first-order chi connectivity index (χ1) is 16.6. The third kappa shape index (κ3) is 4.49. The molecule has 4 aromatic rings. The summed E-state index contributed by atoms with van der Waals surface area (Å²) in [7, 11) is 0. The molecule has 1 fully saturated rings. The summed E-state index contributed by atoms with van der Waals surface area (Å²) in [6.45, 7) is 4.89. The number of likely N-dealkylation sites (tertiary alicyclic amines) is 1. The minimum Gasteiger partial charge on any atom is -0.318 e. The van der Waals surface area contributed by atoms with E-state index in [2.05, 4.69) is 53.3 Å². The molecule has 1 amide bonds. The number of nitrogens with zero attached hydrogens (tertiary/aromatic N) is 5. The molecule has 34 heavy (non-hydrogen) atoms. The van der Waals surface area contributed by atoms with Crippen molar-refractivity contribution in [3.8, 4) is 22.4 Å². The molecular weight excluding hydrogens is 422 g/mol. The van der Waals surface area contributed by atoms with E-state index in [1.165, 1.54) is 15.9 Å². The number of carbonyl (C=O) groups is 1. The molecule has 2 aromatic heterocycles. The van der Waals surface area contributed by atoms with E-state index in [1.807, 2.05) is 47.6 Å². The summed E-state index contributed by atoms with van der Waals surface area (Å²) in [6, 6.07) is 18.6. The Balaban J connectivity index is 1.34. The van der Waals surface area contributed by atoms with Gasteiger partial charge in [-0.1, -0.05) is 59.4 Å². The Bertz CT molecular complexity index is 1260. The summed E-state index contributed by atoms with van der Waals surface area (Å²) in [5.74, 6) is 0. The van der Waals surface area contributed by atoms with E-state index >= 15 is 0 Å². The zero-order valence-corrected chi connectivity index (χ0v) is 19.7. The van der Waals surface area contributed by atoms with Gasteiger partial charge in [0.25, 0.3) is 0 Å². The van der Waals surface area contributed by atoms with Crippen LogP contribution in [0.3, 0.4) is 0 Å². The van der Waals surface area contributed by atoms with Gasteiger partial charge >= 0.3 is 6.03 Å². The highest BCUT2D eigenvalue weighted by Gasteiger charge is 2.29. The van der Waals surface area contributed by atoms with Gasteiger partial charge in [0.2, 0.25) is 0 Å². The smallest absolute Gasteiger partial charge is 0.318 e. The number of hydrogen-bond donors (Lipinski definition) is 0. The van der Waals surface area contributed by atoms with Crippen LogP contribution in [-0.4, -0.2) is 43.5 Å². The van der Waals surface area contributed by atoms with Gasteiger partial charge in [-0.2, -0.15) is 5.10 Å². The monoisotopic (exact) mass is 451 g/mol.